The summed E-state index contributed by atoms with van der Waals surface area (Å²) in [5.41, 5.74) is 4.64. The summed E-state index contributed by atoms with van der Waals surface area (Å²) in [6.45, 7) is 19.1. The van der Waals surface area contributed by atoms with Crippen LogP contribution >= 0.6 is 0 Å². The Balaban J connectivity index is 3.13. The van der Waals surface area contributed by atoms with E-state index in [0.717, 1.165) is 0 Å². The molecule has 0 aromatic carbocycles. The Labute approximate surface area is 159 Å². The van der Waals surface area contributed by atoms with Crippen LogP contribution in [0.5, 0.6) is 0 Å². The summed E-state index contributed by atoms with van der Waals surface area (Å²) in [7, 11) is -1.80. The Morgan fingerprint density at radius 2 is 1.62 bits per heavy atom. The van der Waals surface area contributed by atoms with Gasteiger partial charge in [-0.25, -0.2) is 14.3 Å². The largest absolute Gasteiger partial charge is 0.443 e. The zero-order valence-corrected chi connectivity index (χ0v) is 18.6. The minimum absolute atomic E-state index is 0.347. The van der Waals surface area contributed by atoms with Gasteiger partial charge in [0.15, 0.2) is 5.82 Å². The molecule has 5 heteroatoms. The van der Waals surface area contributed by atoms with Crippen LogP contribution in [0.15, 0.2) is 12.4 Å². The van der Waals surface area contributed by atoms with Crippen molar-refractivity contribution in [1.29, 1.82) is 0 Å². The van der Waals surface area contributed by atoms with Crippen LogP contribution in [-0.2, 0) is 4.74 Å². The molecule has 0 fully saturated rings. The van der Waals surface area contributed by atoms with Crippen molar-refractivity contribution in [3.05, 3.63) is 18.2 Å². The Hall–Kier alpha value is -1.98. The maximum absolute atomic E-state index is 12.2. The van der Waals surface area contributed by atoms with Crippen LogP contribution in [0.25, 0.3) is 0 Å². The number of aromatic nitrogens is 2. The standard InChI is InChI=1S/C21H32N2O2Si/c1-16(2)26(17(3)4,18(5)6)15-11-10-12-19-22-13-14-23(19)20(24)25-21(7,8)9/h13-14,16-18H,1-9H3. The lowest BCUT2D eigenvalue weighted by Gasteiger charge is -2.37. The van der Waals surface area contributed by atoms with Gasteiger partial charge in [-0.1, -0.05) is 41.5 Å². The maximum Gasteiger partial charge on any atom is 0.420 e. The van der Waals surface area contributed by atoms with Crippen LogP contribution in [0.4, 0.5) is 4.79 Å². The van der Waals surface area contributed by atoms with Crippen LogP contribution in [0.2, 0.25) is 16.6 Å². The van der Waals surface area contributed by atoms with Crippen molar-refractivity contribution in [1.82, 2.24) is 9.55 Å². The highest BCUT2D eigenvalue weighted by Crippen LogP contribution is 2.40. The normalized spacial score (nSPS) is 11.8. The molecule has 1 aromatic heterocycles. The quantitative estimate of drug-likeness (QED) is 0.538. The molecule has 1 rings (SSSR count). The lowest BCUT2D eigenvalue weighted by Crippen LogP contribution is -2.43. The second kappa shape index (κ2) is 8.60. The summed E-state index contributed by atoms with van der Waals surface area (Å²) in [6, 6.07) is 0. The molecule has 1 heterocycles. The van der Waals surface area contributed by atoms with Gasteiger partial charge in [0, 0.05) is 12.4 Å². The van der Waals surface area contributed by atoms with E-state index in [9.17, 15) is 4.79 Å². The molecule has 0 saturated heterocycles. The third kappa shape index (κ3) is 5.26. The average molecular weight is 373 g/mol. The molecule has 26 heavy (non-hydrogen) atoms. The summed E-state index contributed by atoms with van der Waals surface area (Å²) in [6.07, 6.45) is 2.61. The molecule has 0 radical (unpaired) electrons. The Bertz CT molecular complexity index is 725. The predicted molar refractivity (Wildman–Crippen MR) is 110 cm³/mol. The summed E-state index contributed by atoms with van der Waals surface area (Å²) in [5.74, 6) is 9.21. The Kier molecular flexibility index (Phi) is 7.30. The molecule has 0 aliphatic heterocycles. The van der Waals surface area contributed by atoms with E-state index < -0.39 is 19.8 Å². The number of hydrogen-bond donors (Lipinski definition) is 0. The summed E-state index contributed by atoms with van der Waals surface area (Å²) in [4.78, 5) is 16.3. The van der Waals surface area contributed by atoms with Gasteiger partial charge in [-0.05, 0) is 55.2 Å². The van der Waals surface area contributed by atoms with Gasteiger partial charge in [0.1, 0.15) is 13.7 Å². The second-order valence-electron chi connectivity index (χ2n) is 8.50. The van der Waals surface area contributed by atoms with E-state index in [1.54, 1.807) is 6.20 Å². The molecular weight excluding hydrogens is 340 g/mol. The number of hydrogen-bond acceptors (Lipinski definition) is 3. The highest BCUT2D eigenvalue weighted by atomic mass is 28.3. The van der Waals surface area contributed by atoms with Crippen LogP contribution in [0, 0.1) is 23.3 Å². The average Bonchev–Trinajstić information content (AvgIpc) is 2.92. The van der Waals surface area contributed by atoms with E-state index in [0.29, 0.717) is 22.4 Å². The van der Waals surface area contributed by atoms with Crippen molar-refractivity contribution >= 4 is 14.2 Å². The van der Waals surface area contributed by atoms with Crippen LogP contribution in [0.1, 0.15) is 68.1 Å². The van der Waals surface area contributed by atoms with Gasteiger partial charge in [-0.15, -0.1) is 5.54 Å². The fraction of sp³-hybridized carbons (Fsp3) is 0.619. The number of carbonyl (C=O) groups is 1. The molecule has 0 atom stereocenters. The fourth-order valence-electron chi connectivity index (χ4n) is 3.51. The monoisotopic (exact) mass is 372 g/mol. The smallest absolute Gasteiger partial charge is 0.420 e. The molecule has 142 valence electrons. The summed E-state index contributed by atoms with van der Waals surface area (Å²) >= 11 is 0. The molecule has 4 nitrogen and oxygen atoms in total. The minimum atomic E-state index is -1.80. The molecule has 0 amide bonds. The Morgan fingerprint density at radius 3 is 2.08 bits per heavy atom. The summed E-state index contributed by atoms with van der Waals surface area (Å²) in [5, 5.41) is 0. The SMILES string of the molecule is CC(C)[Si](C#CC#Cc1nccn1C(=O)OC(C)(C)C)(C(C)C)C(C)C. The van der Waals surface area contributed by atoms with E-state index in [4.69, 9.17) is 4.74 Å². The number of ether oxygens (including phenoxy) is 1. The van der Waals surface area contributed by atoms with Crippen molar-refractivity contribution < 1.29 is 9.53 Å². The molecule has 0 unspecified atom stereocenters. The number of carbonyl (C=O) groups excluding carboxylic acids is 1. The van der Waals surface area contributed by atoms with Crippen LogP contribution in [-0.4, -0.2) is 29.3 Å². The molecule has 0 aliphatic carbocycles. The third-order valence-electron chi connectivity index (χ3n) is 4.61. The van der Waals surface area contributed by atoms with Crippen molar-refractivity contribution in [3.8, 4) is 23.3 Å². The predicted octanol–water partition coefficient (Wildman–Crippen LogP) is 5.24. The van der Waals surface area contributed by atoms with Gasteiger partial charge in [0.2, 0.25) is 0 Å². The zero-order chi connectivity index (χ0) is 20.1. The van der Waals surface area contributed by atoms with E-state index in [1.165, 1.54) is 10.8 Å². The number of imidazole rings is 1. The van der Waals surface area contributed by atoms with Gasteiger partial charge in [-0.3, -0.25) is 0 Å². The molecular formula is C21H32N2O2Si. The Morgan fingerprint density at radius 1 is 1.08 bits per heavy atom. The van der Waals surface area contributed by atoms with Crippen molar-refractivity contribution in [2.75, 3.05) is 0 Å². The van der Waals surface area contributed by atoms with Gasteiger partial charge < -0.3 is 4.74 Å². The first-order chi connectivity index (χ1) is 11.9. The first-order valence-corrected chi connectivity index (χ1v) is 11.4. The van der Waals surface area contributed by atoms with E-state index in [1.807, 2.05) is 20.8 Å². The highest BCUT2D eigenvalue weighted by Gasteiger charge is 2.41. The lowest BCUT2D eigenvalue weighted by atomic mass is 10.2. The molecule has 0 aliphatic rings. The molecule has 0 spiro atoms. The fourth-order valence-corrected chi connectivity index (χ4v) is 8.66. The van der Waals surface area contributed by atoms with Gasteiger partial charge >= 0.3 is 6.09 Å². The van der Waals surface area contributed by atoms with Crippen molar-refractivity contribution in [3.63, 3.8) is 0 Å². The summed E-state index contributed by atoms with van der Waals surface area (Å²) < 4.78 is 6.68. The van der Waals surface area contributed by atoms with Gasteiger partial charge in [-0.2, -0.15) is 0 Å². The molecule has 1 aromatic rings. The third-order valence-corrected chi connectivity index (χ3v) is 10.9. The first-order valence-electron chi connectivity index (χ1n) is 9.21. The lowest BCUT2D eigenvalue weighted by molar-refractivity contribution is 0.0535. The van der Waals surface area contributed by atoms with Crippen LogP contribution in [0.3, 0.4) is 0 Å². The molecule has 0 saturated carbocycles. The zero-order valence-electron chi connectivity index (χ0n) is 17.6. The van der Waals surface area contributed by atoms with Gasteiger partial charge in [0.05, 0.1) is 0 Å². The second-order valence-corrected chi connectivity index (χ2v) is 14.1. The minimum Gasteiger partial charge on any atom is -0.443 e. The van der Waals surface area contributed by atoms with Crippen molar-refractivity contribution in [2.45, 2.75) is 84.5 Å². The highest BCUT2D eigenvalue weighted by molar-refractivity contribution is 6.90. The van der Waals surface area contributed by atoms with E-state index in [-0.39, 0.29) is 0 Å². The van der Waals surface area contributed by atoms with Crippen LogP contribution < -0.4 is 0 Å². The van der Waals surface area contributed by atoms with Crippen molar-refractivity contribution in [2.24, 2.45) is 0 Å². The van der Waals surface area contributed by atoms with E-state index >= 15 is 0 Å². The topological polar surface area (TPSA) is 44.1 Å². The maximum atomic E-state index is 12.2. The van der Waals surface area contributed by atoms with Gasteiger partial charge in [0.25, 0.3) is 0 Å². The first kappa shape index (κ1) is 22.1. The number of rotatable bonds is 3. The van der Waals surface area contributed by atoms with E-state index in [2.05, 4.69) is 69.8 Å². The molecule has 0 N–H and O–H groups in total. The molecule has 0 bridgehead atoms. The number of nitrogens with zero attached hydrogens (tertiary/aromatic N) is 2.